The van der Waals surface area contributed by atoms with Gasteiger partial charge in [0.2, 0.25) is 5.88 Å². The molecular weight excluding hydrogens is 303 g/mol. The Morgan fingerprint density at radius 3 is 2.52 bits per heavy atom. The molecule has 1 fully saturated rings. The molecule has 0 aromatic carbocycles. The van der Waals surface area contributed by atoms with Gasteiger partial charge in [-0.25, -0.2) is 4.98 Å². The van der Waals surface area contributed by atoms with E-state index in [1.165, 1.54) is 6.07 Å². The number of pyridine rings is 1. The number of ether oxygens (including phenoxy) is 1. The lowest BCUT2D eigenvalue weighted by Crippen LogP contribution is -2.36. The van der Waals surface area contributed by atoms with E-state index in [0.29, 0.717) is 0 Å². The first-order valence-electron chi connectivity index (χ1n) is 6.50. The number of piperidine rings is 1. The molecule has 0 radical (unpaired) electrons. The first-order chi connectivity index (χ1) is 9.77. The summed E-state index contributed by atoms with van der Waals surface area (Å²) in [6.07, 6.45) is -3.25. The third-order valence-electron chi connectivity index (χ3n) is 3.36. The summed E-state index contributed by atoms with van der Waals surface area (Å²) in [6, 6.07) is 2.07. The average molecular weight is 319 g/mol. The lowest BCUT2D eigenvalue weighted by molar-refractivity contribution is -0.141. The minimum atomic E-state index is -4.53. The molecule has 1 aromatic rings. The molecule has 0 spiro atoms. The Morgan fingerprint density at radius 1 is 1.38 bits per heavy atom. The van der Waals surface area contributed by atoms with Crippen LogP contribution in [0.5, 0.6) is 5.88 Å². The molecule has 4 nitrogen and oxygen atoms in total. The predicted molar refractivity (Wildman–Crippen MR) is 76.3 cm³/mol. The molecular formula is C13H16F3N3OS. The van der Waals surface area contributed by atoms with Gasteiger partial charge in [-0.2, -0.15) is 13.2 Å². The SMILES string of the molecule is CN1CCC(Oc2nc(C(F)(F)F)ccc2C(N)=S)CC1. The zero-order chi connectivity index (χ0) is 15.6. The summed E-state index contributed by atoms with van der Waals surface area (Å²) in [4.78, 5) is 5.65. The van der Waals surface area contributed by atoms with E-state index < -0.39 is 11.9 Å². The van der Waals surface area contributed by atoms with Crippen LogP contribution >= 0.6 is 12.2 Å². The van der Waals surface area contributed by atoms with Crippen LogP contribution in [0.15, 0.2) is 12.1 Å². The number of thiocarbonyl (C=S) groups is 1. The Kier molecular flexibility index (Phi) is 4.67. The van der Waals surface area contributed by atoms with Crippen molar-refractivity contribution in [1.29, 1.82) is 0 Å². The van der Waals surface area contributed by atoms with E-state index in [1.54, 1.807) is 0 Å². The van der Waals surface area contributed by atoms with Crippen molar-refractivity contribution in [3.05, 3.63) is 23.4 Å². The van der Waals surface area contributed by atoms with Gasteiger partial charge in [0.1, 0.15) is 16.8 Å². The third kappa shape index (κ3) is 4.04. The maximum atomic E-state index is 12.7. The second-order valence-electron chi connectivity index (χ2n) is 5.03. The Labute approximate surface area is 126 Å². The summed E-state index contributed by atoms with van der Waals surface area (Å²) in [6.45, 7) is 1.65. The van der Waals surface area contributed by atoms with E-state index in [9.17, 15) is 13.2 Å². The van der Waals surface area contributed by atoms with Crippen LogP contribution in [0, 0.1) is 0 Å². The highest BCUT2D eigenvalue weighted by atomic mass is 32.1. The van der Waals surface area contributed by atoms with Gasteiger partial charge in [-0.05, 0) is 32.0 Å². The fourth-order valence-corrected chi connectivity index (χ4v) is 2.29. The molecule has 0 atom stereocenters. The monoisotopic (exact) mass is 319 g/mol. The van der Waals surface area contributed by atoms with Gasteiger partial charge in [-0.15, -0.1) is 0 Å². The van der Waals surface area contributed by atoms with Crippen molar-refractivity contribution in [2.75, 3.05) is 20.1 Å². The molecule has 116 valence electrons. The predicted octanol–water partition coefficient (Wildman–Crippen LogP) is 2.21. The third-order valence-corrected chi connectivity index (χ3v) is 3.58. The molecule has 2 heterocycles. The van der Waals surface area contributed by atoms with Crippen molar-refractivity contribution in [2.24, 2.45) is 5.73 Å². The van der Waals surface area contributed by atoms with Crippen LogP contribution in [-0.4, -0.2) is 41.1 Å². The van der Waals surface area contributed by atoms with Crippen LogP contribution < -0.4 is 10.5 Å². The van der Waals surface area contributed by atoms with Crippen LogP contribution in [0.3, 0.4) is 0 Å². The number of likely N-dealkylation sites (tertiary alicyclic amines) is 1. The van der Waals surface area contributed by atoms with Crippen LogP contribution in [-0.2, 0) is 6.18 Å². The molecule has 0 aliphatic carbocycles. The van der Waals surface area contributed by atoms with Gasteiger partial charge < -0.3 is 15.4 Å². The number of hydrogen-bond acceptors (Lipinski definition) is 4. The normalized spacial score (nSPS) is 17.7. The molecule has 8 heteroatoms. The number of nitrogens with two attached hydrogens (primary N) is 1. The first-order valence-corrected chi connectivity index (χ1v) is 6.91. The van der Waals surface area contributed by atoms with Crippen LogP contribution in [0.1, 0.15) is 24.1 Å². The van der Waals surface area contributed by atoms with Crippen molar-refractivity contribution in [3.63, 3.8) is 0 Å². The molecule has 0 unspecified atom stereocenters. The lowest BCUT2D eigenvalue weighted by atomic mass is 10.1. The maximum absolute atomic E-state index is 12.7. The molecule has 2 N–H and O–H groups in total. The first kappa shape index (κ1) is 16.0. The molecule has 2 rings (SSSR count). The van der Waals surface area contributed by atoms with Gasteiger partial charge in [0, 0.05) is 13.1 Å². The average Bonchev–Trinajstić information content (AvgIpc) is 2.40. The quantitative estimate of drug-likeness (QED) is 0.866. The highest BCUT2D eigenvalue weighted by Crippen LogP contribution is 2.31. The smallest absolute Gasteiger partial charge is 0.433 e. The van der Waals surface area contributed by atoms with Crippen molar-refractivity contribution in [2.45, 2.75) is 25.1 Å². The number of halogens is 3. The number of hydrogen-bond donors (Lipinski definition) is 1. The second kappa shape index (κ2) is 6.15. The van der Waals surface area contributed by atoms with Crippen LogP contribution in [0.2, 0.25) is 0 Å². The molecule has 0 saturated carbocycles. The molecule has 0 bridgehead atoms. The van der Waals surface area contributed by atoms with Gasteiger partial charge in [-0.1, -0.05) is 12.2 Å². The summed E-state index contributed by atoms with van der Waals surface area (Å²) >= 11 is 4.84. The fraction of sp³-hybridized carbons (Fsp3) is 0.538. The maximum Gasteiger partial charge on any atom is 0.433 e. The fourth-order valence-electron chi connectivity index (χ4n) is 2.14. The van der Waals surface area contributed by atoms with Gasteiger partial charge in [0.05, 0.1) is 5.56 Å². The molecule has 1 aliphatic rings. The highest BCUT2D eigenvalue weighted by molar-refractivity contribution is 7.80. The Morgan fingerprint density at radius 2 is 2.00 bits per heavy atom. The molecule has 1 aliphatic heterocycles. The van der Waals surface area contributed by atoms with E-state index in [-0.39, 0.29) is 22.5 Å². The van der Waals surface area contributed by atoms with Crippen molar-refractivity contribution in [3.8, 4) is 5.88 Å². The van der Waals surface area contributed by atoms with Crippen molar-refractivity contribution >= 4 is 17.2 Å². The van der Waals surface area contributed by atoms with Crippen LogP contribution in [0.4, 0.5) is 13.2 Å². The topological polar surface area (TPSA) is 51.4 Å². The van der Waals surface area contributed by atoms with E-state index in [1.807, 2.05) is 7.05 Å². The summed E-state index contributed by atoms with van der Waals surface area (Å²) in [5, 5.41) is 0. The largest absolute Gasteiger partial charge is 0.474 e. The molecule has 0 amide bonds. The Balaban J connectivity index is 2.24. The lowest BCUT2D eigenvalue weighted by Gasteiger charge is -2.29. The van der Waals surface area contributed by atoms with Gasteiger partial charge in [-0.3, -0.25) is 0 Å². The molecule has 1 aromatic heterocycles. The van der Waals surface area contributed by atoms with E-state index in [2.05, 4.69) is 9.88 Å². The minimum absolute atomic E-state index is 0.0286. The highest BCUT2D eigenvalue weighted by Gasteiger charge is 2.34. The van der Waals surface area contributed by atoms with Crippen molar-refractivity contribution in [1.82, 2.24) is 9.88 Å². The van der Waals surface area contributed by atoms with Gasteiger partial charge in [0.25, 0.3) is 0 Å². The molecule has 1 saturated heterocycles. The van der Waals surface area contributed by atoms with E-state index >= 15 is 0 Å². The standard InChI is InChI=1S/C13H16F3N3OS/c1-19-6-4-8(5-7-19)20-12-9(11(17)21)2-3-10(18-12)13(14,15)16/h2-3,8H,4-7H2,1H3,(H2,17,21). The number of aromatic nitrogens is 1. The Bertz CT molecular complexity index is 528. The van der Waals surface area contributed by atoms with E-state index in [0.717, 1.165) is 32.0 Å². The molecule has 21 heavy (non-hydrogen) atoms. The summed E-state index contributed by atoms with van der Waals surface area (Å²) in [5.41, 5.74) is 4.75. The number of rotatable bonds is 3. The zero-order valence-electron chi connectivity index (χ0n) is 11.5. The summed E-state index contributed by atoms with van der Waals surface area (Å²) < 4.78 is 43.9. The minimum Gasteiger partial charge on any atom is -0.474 e. The number of nitrogens with zero attached hydrogens (tertiary/aromatic N) is 2. The second-order valence-corrected chi connectivity index (χ2v) is 5.47. The van der Waals surface area contributed by atoms with Gasteiger partial charge >= 0.3 is 6.18 Å². The zero-order valence-corrected chi connectivity index (χ0v) is 12.3. The van der Waals surface area contributed by atoms with Crippen LogP contribution in [0.25, 0.3) is 0 Å². The van der Waals surface area contributed by atoms with Gasteiger partial charge in [0.15, 0.2) is 0 Å². The van der Waals surface area contributed by atoms with Crippen molar-refractivity contribution < 1.29 is 17.9 Å². The summed E-state index contributed by atoms with van der Waals surface area (Å²) in [5.74, 6) is -0.133. The van der Waals surface area contributed by atoms with E-state index in [4.69, 9.17) is 22.7 Å². The number of alkyl halides is 3. The Hall–Kier alpha value is -1.41. The summed E-state index contributed by atoms with van der Waals surface area (Å²) in [7, 11) is 1.99.